The summed E-state index contributed by atoms with van der Waals surface area (Å²) in [6, 6.07) is -0.0156. The van der Waals surface area contributed by atoms with Crippen molar-refractivity contribution < 1.29 is 9.53 Å². The number of nitrogens with zero attached hydrogens (tertiary/aromatic N) is 3. The number of nitrogens with two attached hydrogens (primary N) is 1. The zero-order chi connectivity index (χ0) is 13.7. The van der Waals surface area contributed by atoms with E-state index in [-0.39, 0.29) is 11.9 Å². The van der Waals surface area contributed by atoms with Gasteiger partial charge in [-0.15, -0.1) is 0 Å². The van der Waals surface area contributed by atoms with Crippen LogP contribution in [0.25, 0.3) is 0 Å². The Morgan fingerprint density at radius 1 is 1.16 bits per heavy atom. The molecule has 19 heavy (non-hydrogen) atoms. The van der Waals surface area contributed by atoms with Crippen molar-refractivity contribution in [1.29, 1.82) is 0 Å². The maximum Gasteiger partial charge on any atom is 0.239 e. The molecule has 1 amide bonds. The molecule has 2 N–H and O–H groups in total. The van der Waals surface area contributed by atoms with E-state index in [0.717, 1.165) is 45.8 Å². The lowest BCUT2D eigenvalue weighted by Gasteiger charge is -2.39. The molecule has 0 radical (unpaired) electrons. The van der Waals surface area contributed by atoms with Crippen molar-refractivity contribution in [3.05, 3.63) is 0 Å². The molecule has 0 saturated carbocycles. The van der Waals surface area contributed by atoms with Crippen LogP contribution in [0, 0.1) is 0 Å². The quantitative estimate of drug-likeness (QED) is 0.696. The normalized spacial score (nSPS) is 24.4. The standard InChI is InChI=1S/C13H26N4O2/c1-12(13(18)17-8-10-19-11-9-17)16-6-4-15(3-2-14)5-7-16/h12H,2-11,14H2,1H3. The van der Waals surface area contributed by atoms with Crippen LogP contribution in [0.15, 0.2) is 0 Å². The van der Waals surface area contributed by atoms with E-state index in [0.29, 0.717) is 19.8 Å². The van der Waals surface area contributed by atoms with Crippen LogP contribution in [0.5, 0.6) is 0 Å². The summed E-state index contributed by atoms with van der Waals surface area (Å²) in [5.41, 5.74) is 5.57. The lowest BCUT2D eigenvalue weighted by molar-refractivity contribution is -0.141. The fourth-order valence-corrected chi connectivity index (χ4v) is 2.76. The average molecular weight is 270 g/mol. The third-order valence-corrected chi connectivity index (χ3v) is 4.08. The van der Waals surface area contributed by atoms with Crippen LogP contribution in [0.2, 0.25) is 0 Å². The first-order valence-corrected chi connectivity index (χ1v) is 7.25. The molecule has 2 fully saturated rings. The fraction of sp³-hybridized carbons (Fsp3) is 0.923. The monoisotopic (exact) mass is 270 g/mol. The van der Waals surface area contributed by atoms with Crippen LogP contribution in [0.1, 0.15) is 6.92 Å². The van der Waals surface area contributed by atoms with E-state index in [2.05, 4.69) is 9.80 Å². The van der Waals surface area contributed by atoms with Gasteiger partial charge in [0.25, 0.3) is 0 Å². The van der Waals surface area contributed by atoms with E-state index in [4.69, 9.17) is 10.5 Å². The maximum atomic E-state index is 12.4. The molecule has 2 heterocycles. The van der Waals surface area contributed by atoms with E-state index in [1.807, 2.05) is 11.8 Å². The van der Waals surface area contributed by atoms with Gasteiger partial charge in [-0.05, 0) is 6.92 Å². The van der Waals surface area contributed by atoms with Crippen molar-refractivity contribution in [3.8, 4) is 0 Å². The molecule has 1 atom stereocenters. The predicted molar refractivity (Wildman–Crippen MR) is 73.9 cm³/mol. The largest absolute Gasteiger partial charge is 0.378 e. The second-order valence-corrected chi connectivity index (χ2v) is 5.28. The molecule has 2 aliphatic rings. The summed E-state index contributed by atoms with van der Waals surface area (Å²) in [5.74, 6) is 0.246. The number of carbonyl (C=O) groups is 1. The van der Waals surface area contributed by atoms with E-state index in [9.17, 15) is 4.79 Å². The van der Waals surface area contributed by atoms with Gasteiger partial charge in [0.2, 0.25) is 5.91 Å². The predicted octanol–water partition coefficient (Wildman–Crippen LogP) is -1.19. The number of ether oxygens (including phenoxy) is 1. The molecule has 2 rings (SSSR count). The maximum absolute atomic E-state index is 12.4. The molecule has 2 saturated heterocycles. The van der Waals surface area contributed by atoms with Gasteiger partial charge in [0.15, 0.2) is 0 Å². The molecular formula is C13H26N4O2. The highest BCUT2D eigenvalue weighted by Gasteiger charge is 2.29. The first-order chi connectivity index (χ1) is 9.22. The fourth-order valence-electron chi connectivity index (χ4n) is 2.76. The van der Waals surface area contributed by atoms with Gasteiger partial charge in [0, 0.05) is 52.4 Å². The van der Waals surface area contributed by atoms with Crippen LogP contribution in [-0.2, 0) is 9.53 Å². The summed E-state index contributed by atoms with van der Waals surface area (Å²) in [6.45, 7) is 10.4. The number of carbonyl (C=O) groups excluding carboxylic acids is 1. The zero-order valence-corrected chi connectivity index (χ0v) is 11.9. The van der Waals surface area contributed by atoms with Crippen molar-refractivity contribution in [3.63, 3.8) is 0 Å². The molecular weight excluding hydrogens is 244 g/mol. The number of hydrogen-bond donors (Lipinski definition) is 1. The van der Waals surface area contributed by atoms with Gasteiger partial charge in [-0.3, -0.25) is 14.6 Å². The first kappa shape index (κ1) is 14.7. The number of amides is 1. The molecule has 110 valence electrons. The zero-order valence-electron chi connectivity index (χ0n) is 11.9. The van der Waals surface area contributed by atoms with E-state index in [1.54, 1.807) is 0 Å². The smallest absolute Gasteiger partial charge is 0.239 e. The Kier molecular flexibility index (Phi) is 5.57. The van der Waals surface area contributed by atoms with Crippen molar-refractivity contribution in [2.75, 3.05) is 65.6 Å². The van der Waals surface area contributed by atoms with Crippen LogP contribution in [-0.4, -0.2) is 92.2 Å². The minimum Gasteiger partial charge on any atom is -0.378 e. The molecule has 6 nitrogen and oxygen atoms in total. The summed E-state index contributed by atoms with van der Waals surface area (Å²) >= 11 is 0. The van der Waals surface area contributed by atoms with Crippen LogP contribution in [0.3, 0.4) is 0 Å². The highest BCUT2D eigenvalue weighted by Crippen LogP contribution is 2.10. The average Bonchev–Trinajstić information content (AvgIpc) is 2.48. The Bertz CT molecular complexity index is 286. The van der Waals surface area contributed by atoms with Crippen molar-refractivity contribution in [2.24, 2.45) is 5.73 Å². The third kappa shape index (κ3) is 3.89. The summed E-state index contributed by atoms with van der Waals surface area (Å²) < 4.78 is 5.29. The van der Waals surface area contributed by atoms with Gasteiger partial charge in [-0.1, -0.05) is 0 Å². The van der Waals surface area contributed by atoms with E-state index >= 15 is 0 Å². The Morgan fingerprint density at radius 3 is 2.37 bits per heavy atom. The summed E-state index contributed by atoms with van der Waals surface area (Å²) in [6.07, 6.45) is 0. The number of hydrogen-bond acceptors (Lipinski definition) is 5. The lowest BCUT2D eigenvalue weighted by atomic mass is 10.2. The van der Waals surface area contributed by atoms with Gasteiger partial charge in [-0.25, -0.2) is 0 Å². The Morgan fingerprint density at radius 2 is 1.79 bits per heavy atom. The van der Waals surface area contributed by atoms with Gasteiger partial charge in [0.05, 0.1) is 19.3 Å². The lowest BCUT2D eigenvalue weighted by Crippen LogP contribution is -2.56. The molecule has 6 heteroatoms. The number of morpholine rings is 1. The van der Waals surface area contributed by atoms with Gasteiger partial charge < -0.3 is 15.4 Å². The highest BCUT2D eigenvalue weighted by molar-refractivity contribution is 5.81. The Labute approximate surface area is 115 Å². The van der Waals surface area contributed by atoms with Crippen LogP contribution in [0.4, 0.5) is 0 Å². The topological polar surface area (TPSA) is 62.0 Å². The SMILES string of the molecule is CC(C(=O)N1CCOCC1)N1CCN(CCN)CC1. The number of rotatable bonds is 4. The van der Waals surface area contributed by atoms with E-state index < -0.39 is 0 Å². The van der Waals surface area contributed by atoms with Gasteiger partial charge in [-0.2, -0.15) is 0 Å². The van der Waals surface area contributed by atoms with Gasteiger partial charge in [0.1, 0.15) is 0 Å². The minimum absolute atomic E-state index is 0.0156. The van der Waals surface area contributed by atoms with Crippen molar-refractivity contribution in [1.82, 2.24) is 14.7 Å². The molecule has 0 spiro atoms. The summed E-state index contributed by atoms with van der Waals surface area (Å²) in [7, 11) is 0. The molecule has 0 aromatic heterocycles. The van der Waals surface area contributed by atoms with Crippen molar-refractivity contribution >= 4 is 5.91 Å². The third-order valence-electron chi connectivity index (χ3n) is 4.08. The second kappa shape index (κ2) is 7.19. The summed E-state index contributed by atoms with van der Waals surface area (Å²) in [5, 5.41) is 0. The first-order valence-electron chi connectivity index (χ1n) is 7.25. The molecule has 0 aromatic rings. The number of piperazine rings is 1. The minimum atomic E-state index is -0.0156. The van der Waals surface area contributed by atoms with E-state index in [1.165, 1.54) is 0 Å². The van der Waals surface area contributed by atoms with Crippen LogP contribution >= 0.6 is 0 Å². The van der Waals surface area contributed by atoms with Crippen molar-refractivity contribution in [2.45, 2.75) is 13.0 Å². The molecule has 0 aromatic carbocycles. The van der Waals surface area contributed by atoms with Crippen LogP contribution < -0.4 is 5.73 Å². The second-order valence-electron chi connectivity index (χ2n) is 5.28. The molecule has 0 bridgehead atoms. The highest BCUT2D eigenvalue weighted by atomic mass is 16.5. The molecule has 0 aliphatic carbocycles. The van der Waals surface area contributed by atoms with Gasteiger partial charge >= 0.3 is 0 Å². The molecule has 1 unspecified atom stereocenters. The molecule has 2 aliphatic heterocycles. The summed E-state index contributed by atoms with van der Waals surface area (Å²) in [4.78, 5) is 19.0. The Hall–Kier alpha value is -0.690. The Balaban J connectivity index is 1.79.